The summed E-state index contributed by atoms with van der Waals surface area (Å²) in [7, 11) is -1.91. The summed E-state index contributed by atoms with van der Waals surface area (Å²) >= 11 is 0.962. The molecular weight excluding hydrogens is 512 g/mol. The molecule has 0 bridgehead atoms. The molecule has 0 atom stereocenters. The van der Waals surface area contributed by atoms with Crippen LogP contribution in [0.5, 0.6) is 0 Å². The lowest BCUT2D eigenvalue weighted by atomic mass is 10.2. The number of rotatable bonds is 4. The number of sulfone groups is 1. The molecule has 0 saturated carbocycles. The van der Waals surface area contributed by atoms with Crippen molar-refractivity contribution in [3.63, 3.8) is 0 Å². The van der Waals surface area contributed by atoms with E-state index in [4.69, 9.17) is 4.74 Å². The molecule has 36 heavy (non-hydrogen) atoms. The number of aryl methyl sites for hydroxylation is 1. The highest BCUT2D eigenvalue weighted by Crippen LogP contribution is 2.32. The molecular formula is C21H22N6O7S2. The summed E-state index contributed by atoms with van der Waals surface area (Å²) in [4.78, 5) is 46.2. The highest BCUT2D eigenvalue weighted by Gasteiger charge is 2.30. The van der Waals surface area contributed by atoms with Crippen molar-refractivity contribution in [1.82, 2.24) is 24.3 Å². The molecule has 4 heterocycles. The van der Waals surface area contributed by atoms with Gasteiger partial charge in [-0.05, 0) is 32.9 Å². The first-order valence-electron chi connectivity index (χ1n) is 10.4. The second-order valence-electron chi connectivity index (χ2n) is 8.92. The van der Waals surface area contributed by atoms with Crippen molar-refractivity contribution in [3.05, 3.63) is 40.4 Å². The van der Waals surface area contributed by atoms with Crippen LogP contribution < -0.4 is 10.5 Å². The van der Waals surface area contributed by atoms with Gasteiger partial charge in [-0.3, -0.25) is 4.79 Å². The fraction of sp³-hybridized carbons (Fsp3) is 0.333. The van der Waals surface area contributed by atoms with E-state index >= 15 is 0 Å². The van der Waals surface area contributed by atoms with Gasteiger partial charge in [0.25, 0.3) is 5.56 Å². The number of carbonyl (C=O) groups excluding carboxylic acids is 1. The quantitative estimate of drug-likeness (QED) is 0.411. The van der Waals surface area contributed by atoms with E-state index in [1.807, 2.05) is 0 Å². The maximum atomic E-state index is 13.2. The van der Waals surface area contributed by atoms with E-state index in [0.29, 0.717) is 20.6 Å². The molecule has 2 amide bonds. The maximum Gasteiger partial charge on any atom is 0.425 e. The summed E-state index contributed by atoms with van der Waals surface area (Å²) < 4.78 is 32.0. The molecule has 0 aliphatic carbocycles. The first kappa shape index (κ1) is 25.2. The van der Waals surface area contributed by atoms with Gasteiger partial charge in [-0.1, -0.05) is 6.07 Å². The van der Waals surface area contributed by atoms with Gasteiger partial charge in [-0.2, -0.15) is 10.00 Å². The number of pyridine rings is 1. The molecule has 4 aromatic heterocycles. The Morgan fingerprint density at radius 3 is 2.53 bits per heavy atom. The van der Waals surface area contributed by atoms with E-state index in [1.54, 1.807) is 33.9 Å². The molecule has 13 nitrogen and oxygen atoms in total. The predicted octanol–water partition coefficient (Wildman–Crippen LogP) is 2.61. The molecule has 190 valence electrons. The van der Waals surface area contributed by atoms with E-state index in [1.165, 1.54) is 22.9 Å². The Hall–Kier alpha value is -3.85. The number of carbonyl (C=O) groups is 2. The van der Waals surface area contributed by atoms with Crippen LogP contribution in [0.3, 0.4) is 0 Å². The van der Waals surface area contributed by atoms with Gasteiger partial charge < -0.3 is 14.4 Å². The van der Waals surface area contributed by atoms with Crippen LogP contribution in [-0.4, -0.2) is 61.9 Å². The molecule has 15 heteroatoms. The van der Waals surface area contributed by atoms with Gasteiger partial charge in [0, 0.05) is 18.7 Å². The number of hydrogen-bond acceptors (Lipinski definition) is 10. The molecule has 0 saturated heterocycles. The van der Waals surface area contributed by atoms with Gasteiger partial charge in [-0.15, -0.1) is 11.3 Å². The third-order valence-electron chi connectivity index (χ3n) is 4.92. The zero-order valence-electron chi connectivity index (χ0n) is 19.9. The van der Waals surface area contributed by atoms with Crippen LogP contribution in [0.25, 0.3) is 21.3 Å². The summed E-state index contributed by atoms with van der Waals surface area (Å²) in [5.74, 6) is -0.194. The number of thiazole rings is 1. The molecule has 1 N–H and O–H groups in total. The van der Waals surface area contributed by atoms with Crippen molar-refractivity contribution in [3.8, 4) is 0 Å². The number of amides is 2. The molecule has 4 aromatic rings. The fourth-order valence-electron chi connectivity index (χ4n) is 3.45. The topological polar surface area (TPSA) is 167 Å². The highest BCUT2D eigenvalue weighted by atomic mass is 32.2. The van der Waals surface area contributed by atoms with Crippen molar-refractivity contribution in [1.29, 1.82) is 0 Å². The van der Waals surface area contributed by atoms with Gasteiger partial charge in [-0.25, -0.2) is 32.7 Å². The SMILES string of the molecule is Cn1c2nc(S(C)(=O)=O)sc2c2cnn(Cc3cccc(N(C(=O)O)C(=O)OC(C)(C)C)n3)c(=O)c21. The lowest BCUT2D eigenvalue weighted by Crippen LogP contribution is -2.40. The predicted molar refractivity (Wildman–Crippen MR) is 131 cm³/mol. The lowest BCUT2D eigenvalue weighted by Gasteiger charge is -2.24. The normalized spacial score (nSPS) is 12.2. The second-order valence-corrected chi connectivity index (χ2v) is 12.1. The zero-order chi connectivity index (χ0) is 26.6. The molecule has 4 rings (SSSR count). The average molecular weight is 535 g/mol. The number of nitrogens with zero attached hydrogens (tertiary/aromatic N) is 6. The van der Waals surface area contributed by atoms with E-state index in [2.05, 4.69) is 15.1 Å². The maximum absolute atomic E-state index is 13.2. The summed E-state index contributed by atoms with van der Waals surface area (Å²) in [6, 6.07) is 4.38. The minimum atomic E-state index is -3.51. The summed E-state index contributed by atoms with van der Waals surface area (Å²) in [5, 5.41) is 14.2. The Morgan fingerprint density at radius 2 is 1.92 bits per heavy atom. The van der Waals surface area contributed by atoms with Crippen molar-refractivity contribution >= 4 is 60.4 Å². The Labute approximate surface area is 208 Å². The number of anilines is 1. The third kappa shape index (κ3) is 4.66. The van der Waals surface area contributed by atoms with Crippen LogP contribution in [-0.2, 0) is 28.2 Å². The smallest absolute Gasteiger partial charge is 0.425 e. The number of aromatic nitrogens is 5. The van der Waals surface area contributed by atoms with Crippen molar-refractivity contribution < 1.29 is 27.9 Å². The number of fused-ring (bicyclic) bond motifs is 3. The van der Waals surface area contributed by atoms with Crippen LogP contribution in [0, 0.1) is 0 Å². The van der Waals surface area contributed by atoms with Gasteiger partial charge in [0.1, 0.15) is 16.9 Å². The van der Waals surface area contributed by atoms with E-state index in [0.717, 1.165) is 22.3 Å². The van der Waals surface area contributed by atoms with Gasteiger partial charge in [0.15, 0.2) is 5.65 Å². The lowest BCUT2D eigenvalue weighted by molar-refractivity contribution is 0.0581. The molecule has 0 aliphatic rings. The van der Waals surface area contributed by atoms with Crippen molar-refractivity contribution in [2.75, 3.05) is 11.2 Å². The van der Waals surface area contributed by atoms with Crippen LogP contribution in [0.15, 0.2) is 33.5 Å². The summed E-state index contributed by atoms with van der Waals surface area (Å²) in [6.07, 6.45) is -0.179. The molecule has 0 spiro atoms. The van der Waals surface area contributed by atoms with Crippen molar-refractivity contribution in [2.24, 2.45) is 7.05 Å². The average Bonchev–Trinajstić information content (AvgIpc) is 3.29. The largest absolute Gasteiger partial charge is 0.464 e. The van der Waals surface area contributed by atoms with E-state index in [-0.39, 0.29) is 27.9 Å². The number of carboxylic acid groups (broad SMARTS) is 1. The Morgan fingerprint density at radius 1 is 1.22 bits per heavy atom. The Bertz CT molecular complexity index is 1700. The number of ether oxygens (including phenoxy) is 1. The third-order valence-corrected chi connectivity index (χ3v) is 7.68. The van der Waals surface area contributed by atoms with Gasteiger partial charge >= 0.3 is 12.2 Å². The first-order valence-corrected chi connectivity index (χ1v) is 13.2. The molecule has 0 fully saturated rings. The number of hydrogen-bond donors (Lipinski definition) is 1. The molecule has 0 aromatic carbocycles. The van der Waals surface area contributed by atoms with Crippen LogP contribution >= 0.6 is 11.3 Å². The van der Waals surface area contributed by atoms with Crippen molar-refractivity contribution in [2.45, 2.75) is 37.3 Å². The minimum Gasteiger partial charge on any atom is -0.464 e. The Balaban J connectivity index is 1.72. The molecule has 0 unspecified atom stereocenters. The molecule has 0 radical (unpaired) electrons. The van der Waals surface area contributed by atoms with E-state index in [9.17, 15) is 27.9 Å². The van der Waals surface area contributed by atoms with E-state index < -0.39 is 33.2 Å². The summed E-state index contributed by atoms with van der Waals surface area (Å²) in [6.45, 7) is 4.70. The van der Waals surface area contributed by atoms with Crippen LogP contribution in [0.1, 0.15) is 26.5 Å². The zero-order valence-corrected chi connectivity index (χ0v) is 21.5. The number of imide groups is 1. The molecule has 0 aliphatic heterocycles. The highest BCUT2D eigenvalue weighted by molar-refractivity contribution is 7.92. The first-order chi connectivity index (χ1) is 16.7. The fourth-order valence-corrected chi connectivity index (χ4v) is 5.40. The van der Waals surface area contributed by atoms with Gasteiger partial charge in [0.2, 0.25) is 14.2 Å². The van der Waals surface area contributed by atoms with Gasteiger partial charge in [0.05, 0.1) is 23.1 Å². The van der Waals surface area contributed by atoms with Crippen LogP contribution in [0.2, 0.25) is 0 Å². The minimum absolute atomic E-state index is 0.0526. The second kappa shape index (κ2) is 8.67. The summed E-state index contributed by atoms with van der Waals surface area (Å²) in [5.41, 5.74) is -0.507. The standard InChI is InChI=1S/C21H22N6O7S2/c1-21(2,3)34-20(31)27(19(29)30)13-8-6-7-11(23-13)10-26-17(28)14-12(9-22-26)15-16(25(14)4)24-18(35-15)36(5,32)33/h6-9H,10H2,1-5H3,(H,29,30). The van der Waals surface area contributed by atoms with Crippen LogP contribution in [0.4, 0.5) is 15.4 Å². The monoisotopic (exact) mass is 534 g/mol. The Kier molecular flexibility index (Phi) is 6.08.